The van der Waals surface area contributed by atoms with E-state index in [0.29, 0.717) is 5.92 Å². The Balaban J connectivity index is 1.66. The Morgan fingerprint density at radius 1 is 1.43 bits per heavy atom. The second-order valence-corrected chi connectivity index (χ2v) is 6.77. The molecule has 0 spiro atoms. The molecule has 114 valence electrons. The molecule has 3 rings (SSSR count). The number of carbonyl (C=O) groups is 1. The van der Waals surface area contributed by atoms with Crippen molar-refractivity contribution >= 4 is 5.97 Å². The maximum absolute atomic E-state index is 11.8. The fourth-order valence-corrected chi connectivity index (χ4v) is 4.18. The summed E-state index contributed by atoms with van der Waals surface area (Å²) in [5.41, 5.74) is 2.44. The van der Waals surface area contributed by atoms with Crippen molar-refractivity contribution in [2.75, 3.05) is 19.6 Å². The van der Waals surface area contributed by atoms with E-state index in [2.05, 4.69) is 36.1 Å². The number of benzene rings is 1. The van der Waals surface area contributed by atoms with Crippen LogP contribution in [0.2, 0.25) is 0 Å². The summed E-state index contributed by atoms with van der Waals surface area (Å²) >= 11 is 0. The Morgan fingerprint density at radius 2 is 2.24 bits per heavy atom. The molecule has 0 aromatic heterocycles. The molecule has 1 heterocycles. The van der Waals surface area contributed by atoms with Crippen molar-refractivity contribution in [2.45, 2.75) is 44.9 Å². The number of hydrogen-bond acceptors (Lipinski definition) is 2. The molecule has 1 aromatic rings. The molecule has 1 aliphatic heterocycles. The van der Waals surface area contributed by atoms with E-state index < -0.39 is 11.4 Å². The summed E-state index contributed by atoms with van der Waals surface area (Å²) in [6.07, 6.45) is 4.77. The third-order valence-corrected chi connectivity index (χ3v) is 5.28. The van der Waals surface area contributed by atoms with Gasteiger partial charge in [0.2, 0.25) is 0 Å². The molecule has 1 aromatic carbocycles. The lowest BCUT2D eigenvalue weighted by atomic mass is 9.74. The van der Waals surface area contributed by atoms with Crippen molar-refractivity contribution in [1.29, 1.82) is 0 Å². The fourth-order valence-electron chi connectivity index (χ4n) is 4.18. The number of fused-ring (bicyclic) bond motifs is 1. The van der Waals surface area contributed by atoms with Crippen LogP contribution in [-0.2, 0) is 11.2 Å². The van der Waals surface area contributed by atoms with Crippen LogP contribution in [0, 0.1) is 5.41 Å². The molecule has 0 bridgehead atoms. The number of piperidine rings is 1. The zero-order valence-corrected chi connectivity index (χ0v) is 12.8. The van der Waals surface area contributed by atoms with Gasteiger partial charge in [0.15, 0.2) is 0 Å². The third-order valence-electron chi connectivity index (χ3n) is 5.28. The van der Waals surface area contributed by atoms with Gasteiger partial charge in [0.1, 0.15) is 0 Å². The molecular formula is C18H25NO2. The zero-order valence-electron chi connectivity index (χ0n) is 12.8. The van der Waals surface area contributed by atoms with Gasteiger partial charge in [-0.15, -0.1) is 0 Å². The van der Waals surface area contributed by atoms with Crippen molar-refractivity contribution in [3.8, 4) is 0 Å². The number of carboxylic acid groups (broad SMARTS) is 1. The van der Waals surface area contributed by atoms with Crippen molar-refractivity contribution in [3.05, 3.63) is 35.4 Å². The van der Waals surface area contributed by atoms with Gasteiger partial charge in [0, 0.05) is 19.0 Å². The predicted octanol–water partition coefficient (Wildman–Crippen LogP) is 3.29. The first kappa shape index (κ1) is 14.6. The first-order valence-corrected chi connectivity index (χ1v) is 8.18. The van der Waals surface area contributed by atoms with Crippen LogP contribution >= 0.6 is 0 Å². The first-order chi connectivity index (χ1) is 10.1. The highest BCUT2D eigenvalue weighted by Gasteiger charge is 2.42. The number of likely N-dealkylation sites (tertiary alicyclic amines) is 1. The van der Waals surface area contributed by atoms with Crippen LogP contribution in [0.5, 0.6) is 0 Å². The molecule has 21 heavy (non-hydrogen) atoms. The summed E-state index contributed by atoms with van der Waals surface area (Å²) in [7, 11) is 0. The third kappa shape index (κ3) is 2.71. The first-order valence-electron chi connectivity index (χ1n) is 8.18. The minimum Gasteiger partial charge on any atom is -0.481 e. The van der Waals surface area contributed by atoms with Gasteiger partial charge in [-0.25, -0.2) is 0 Å². The second kappa shape index (κ2) is 5.80. The summed E-state index contributed by atoms with van der Waals surface area (Å²) in [5.74, 6) is 0.00970. The molecule has 2 atom stereocenters. The normalized spacial score (nSPS) is 28.7. The maximum atomic E-state index is 11.8. The number of aliphatic carboxylic acids is 1. The van der Waals surface area contributed by atoms with E-state index in [-0.39, 0.29) is 0 Å². The number of carboxylic acids is 1. The van der Waals surface area contributed by atoms with E-state index in [0.717, 1.165) is 51.7 Å². The molecule has 1 aliphatic carbocycles. The van der Waals surface area contributed by atoms with E-state index in [9.17, 15) is 9.90 Å². The van der Waals surface area contributed by atoms with Crippen molar-refractivity contribution < 1.29 is 9.90 Å². The van der Waals surface area contributed by atoms with Crippen molar-refractivity contribution in [2.24, 2.45) is 5.41 Å². The Hall–Kier alpha value is -1.35. The Kier molecular flexibility index (Phi) is 4.03. The van der Waals surface area contributed by atoms with Gasteiger partial charge in [0.05, 0.1) is 5.41 Å². The standard InChI is InChI=1S/C18H25NO2/c1-2-8-18(17(20)21)9-5-10-19(13-18)12-15-11-14-6-3-4-7-16(14)15/h3-4,6-7,15H,2,5,8-13H2,1H3,(H,20,21). The number of nitrogens with zero attached hydrogens (tertiary/aromatic N) is 1. The molecule has 3 nitrogen and oxygen atoms in total. The molecule has 0 saturated carbocycles. The summed E-state index contributed by atoms with van der Waals surface area (Å²) in [4.78, 5) is 14.1. The van der Waals surface area contributed by atoms with E-state index in [1.165, 1.54) is 11.1 Å². The van der Waals surface area contributed by atoms with E-state index >= 15 is 0 Å². The summed E-state index contributed by atoms with van der Waals surface area (Å²) < 4.78 is 0. The largest absolute Gasteiger partial charge is 0.481 e. The second-order valence-electron chi connectivity index (χ2n) is 6.77. The minimum atomic E-state index is -0.594. The average Bonchev–Trinajstić information content (AvgIpc) is 2.45. The molecule has 1 fully saturated rings. The Bertz CT molecular complexity index is 524. The molecule has 2 aliphatic rings. The molecule has 1 N–H and O–H groups in total. The van der Waals surface area contributed by atoms with Gasteiger partial charge in [-0.05, 0) is 43.4 Å². The highest BCUT2D eigenvalue weighted by molar-refractivity contribution is 5.75. The molecule has 0 amide bonds. The molecule has 2 unspecified atom stereocenters. The lowest BCUT2D eigenvalue weighted by Gasteiger charge is -2.43. The van der Waals surface area contributed by atoms with Gasteiger partial charge < -0.3 is 10.0 Å². The Labute approximate surface area is 127 Å². The summed E-state index contributed by atoms with van der Waals surface area (Å²) in [6.45, 7) is 4.90. The monoisotopic (exact) mass is 287 g/mol. The molecule has 3 heteroatoms. The predicted molar refractivity (Wildman–Crippen MR) is 83.5 cm³/mol. The molecule has 1 saturated heterocycles. The van der Waals surface area contributed by atoms with Gasteiger partial charge in [-0.1, -0.05) is 37.6 Å². The van der Waals surface area contributed by atoms with Crippen LogP contribution in [0.4, 0.5) is 0 Å². The minimum absolute atomic E-state index is 0.504. The molecule has 0 radical (unpaired) electrons. The van der Waals surface area contributed by atoms with Gasteiger partial charge in [-0.3, -0.25) is 4.79 Å². The van der Waals surface area contributed by atoms with E-state index in [1.54, 1.807) is 0 Å². The zero-order chi connectivity index (χ0) is 14.9. The lowest BCUT2D eigenvalue weighted by molar-refractivity contribution is -0.153. The number of rotatable bonds is 5. The molecular weight excluding hydrogens is 262 g/mol. The van der Waals surface area contributed by atoms with Crippen LogP contribution in [-0.4, -0.2) is 35.6 Å². The van der Waals surface area contributed by atoms with Gasteiger partial charge in [-0.2, -0.15) is 0 Å². The fraction of sp³-hybridized carbons (Fsp3) is 0.611. The maximum Gasteiger partial charge on any atom is 0.310 e. The van der Waals surface area contributed by atoms with Crippen LogP contribution in [0.3, 0.4) is 0 Å². The van der Waals surface area contributed by atoms with Crippen LogP contribution in [0.25, 0.3) is 0 Å². The van der Waals surface area contributed by atoms with Gasteiger partial charge in [0.25, 0.3) is 0 Å². The highest BCUT2D eigenvalue weighted by Crippen LogP contribution is 2.39. The lowest BCUT2D eigenvalue weighted by Crippen LogP contribution is -2.49. The van der Waals surface area contributed by atoms with Crippen molar-refractivity contribution in [1.82, 2.24) is 4.90 Å². The quantitative estimate of drug-likeness (QED) is 0.903. The smallest absolute Gasteiger partial charge is 0.310 e. The highest BCUT2D eigenvalue weighted by atomic mass is 16.4. The number of hydrogen-bond donors (Lipinski definition) is 1. The van der Waals surface area contributed by atoms with Gasteiger partial charge >= 0.3 is 5.97 Å². The average molecular weight is 287 g/mol. The van der Waals surface area contributed by atoms with Crippen LogP contribution < -0.4 is 0 Å². The summed E-state index contributed by atoms with van der Waals surface area (Å²) in [6, 6.07) is 8.65. The Morgan fingerprint density at radius 3 is 2.95 bits per heavy atom. The van der Waals surface area contributed by atoms with E-state index in [4.69, 9.17) is 0 Å². The van der Waals surface area contributed by atoms with E-state index in [1.807, 2.05) is 0 Å². The van der Waals surface area contributed by atoms with Crippen molar-refractivity contribution in [3.63, 3.8) is 0 Å². The SMILES string of the molecule is CCCC1(C(=O)O)CCCN(CC2Cc3ccccc32)C1. The van der Waals surface area contributed by atoms with Crippen LogP contribution in [0.1, 0.15) is 49.7 Å². The topological polar surface area (TPSA) is 40.5 Å². The van der Waals surface area contributed by atoms with Crippen LogP contribution in [0.15, 0.2) is 24.3 Å². The summed E-state index contributed by atoms with van der Waals surface area (Å²) in [5, 5.41) is 9.67.